The van der Waals surface area contributed by atoms with E-state index in [2.05, 4.69) is 50.2 Å². The van der Waals surface area contributed by atoms with Gasteiger partial charge in [0.2, 0.25) is 0 Å². The Labute approximate surface area is 84.2 Å². The molecule has 0 heterocycles. The zero-order valence-electron chi connectivity index (χ0n) is 8.46. The Morgan fingerprint density at radius 3 is 2.14 bits per heavy atom. The molecule has 0 unspecified atom stereocenters. The SMILES string of the molecule is Cc1cc2ccc1-c1cc-2ccc1C. The molecule has 4 bridgehead atoms. The van der Waals surface area contributed by atoms with Gasteiger partial charge in [-0.2, -0.15) is 0 Å². The summed E-state index contributed by atoms with van der Waals surface area (Å²) < 4.78 is 0. The second-order valence-electron chi connectivity index (χ2n) is 4.06. The molecule has 0 radical (unpaired) electrons. The number of hydrogen-bond donors (Lipinski definition) is 0. The molecule has 2 aromatic rings. The first kappa shape index (κ1) is 7.81. The van der Waals surface area contributed by atoms with E-state index in [1.165, 1.54) is 33.4 Å². The normalized spacial score (nSPS) is 11.6. The molecule has 14 heavy (non-hydrogen) atoms. The Morgan fingerprint density at radius 2 is 1.36 bits per heavy atom. The third-order valence-corrected chi connectivity index (χ3v) is 3.09. The Bertz CT molecular complexity index is 522. The van der Waals surface area contributed by atoms with Gasteiger partial charge in [0.05, 0.1) is 0 Å². The Balaban J connectivity index is 2.52. The average molecular weight is 180 g/mol. The van der Waals surface area contributed by atoms with Crippen LogP contribution in [0.5, 0.6) is 0 Å². The number of aryl methyl sites for hydroxylation is 2. The summed E-state index contributed by atoms with van der Waals surface area (Å²) in [5.74, 6) is 0. The van der Waals surface area contributed by atoms with E-state index in [1.54, 1.807) is 0 Å². The van der Waals surface area contributed by atoms with Crippen molar-refractivity contribution in [2.45, 2.75) is 13.8 Å². The lowest BCUT2D eigenvalue weighted by molar-refractivity contribution is 1.44. The zero-order valence-corrected chi connectivity index (χ0v) is 8.46. The predicted octanol–water partition coefficient (Wildman–Crippen LogP) is 3.95. The summed E-state index contributed by atoms with van der Waals surface area (Å²) in [6.07, 6.45) is 0. The van der Waals surface area contributed by atoms with Crippen LogP contribution < -0.4 is 0 Å². The van der Waals surface area contributed by atoms with Gasteiger partial charge in [-0.15, -0.1) is 0 Å². The maximum Gasteiger partial charge on any atom is -0.0146 e. The zero-order chi connectivity index (χ0) is 9.71. The third kappa shape index (κ3) is 0.884. The van der Waals surface area contributed by atoms with Gasteiger partial charge in [-0.05, 0) is 53.3 Å². The van der Waals surface area contributed by atoms with Crippen LogP contribution in [0.2, 0.25) is 0 Å². The monoisotopic (exact) mass is 180 g/mol. The minimum Gasteiger partial charge on any atom is -0.0581 e. The molecule has 0 nitrogen and oxygen atoms in total. The van der Waals surface area contributed by atoms with Crippen LogP contribution in [-0.2, 0) is 0 Å². The Morgan fingerprint density at radius 1 is 0.643 bits per heavy atom. The number of hydrogen-bond acceptors (Lipinski definition) is 0. The summed E-state index contributed by atoms with van der Waals surface area (Å²) >= 11 is 0. The molecule has 0 spiro atoms. The van der Waals surface area contributed by atoms with Crippen LogP contribution in [0, 0.1) is 13.8 Å². The number of benzene rings is 2. The van der Waals surface area contributed by atoms with Crippen LogP contribution in [0.1, 0.15) is 11.1 Å². The molecular formula is C14H12. The van der Waals surface area contributed by atoms with E-state index in [0.29, 0.717) is 0 Å². The van der Waals surface area contributed by atoms with Crippen LogP contribution in [0.25, 0.3) is 22.3 Å². The second kappa shape index (κ2) is 2.48. The molecule has 0 aliphatic heterocycles. The van der Waals surface area contributed by atoms with Gasteiger partial charge in [0, 0.05) is 0 Å². The fourth-order valence-electron chi connectivity index (χ4n) is 2.24. The fourth-order valence-corrected chi connectivity index (χ4v) is 2.24. The minimum absolute atomic E-state index is 1.34. The summed E-state index contributed by atoms with van der Waals surface area (Å²) in [5.41, 5.74) is 8.19. The van der Waals surface area contributed by atoms with Crippen LogP contribution in [0.15, 0.2) is 36.4 Å². The molecule has 0 saturated carbocycles. The first-order chi connectivity index (χ1) is 6.75. The summed E-state index contributed by atoms with van der Waals surface area (Å²) in [6, 6.07) is 13.4. The predicted molar refractivity (Wildman–Crippen MR) is 60.3 cm³/mol. The van der Waals surface area contributed by atoms with E-state index in [-0.39, 0.29) is 0 Å². The smallest absolute Gasteiger partial charge is 0.0146 e. The maximum atomic E-state index is 2.30. The van der Waals surface area contributed by atoms with Crippen LogP contribution in [0.4, 0.5) is 0 Å². The number of fused-ring (bicyclic) bond motifs is 2. The molecule has 0 aromatic heterocycles. The summed E-state index contributed by atoms with van der Waals surface area (Å²) in [4.78, 5) is 0. The highest BCUT2D eigenvalue weighted by molar-refractivity contribution is 5.82. The Hall–Kier alpha value is -1.56. The highest BCUT2D eigenvalue weighted by Crippen LogP contribution is 2.36. The summed E-state index contributed by atoms with van der Waals surface area (Å²) in [6.45, 7) is 4.37. The van der Waals surface area contributed by atoms with Crippen LogP contribution in [-0.4, -0.2) is 0 Å². The summed E-state index contributed by atoms with van der Waals surface area (Å²) in [5, 5.41) is 0. The molecule has 4 rings (SSSR count). The van der Waals surface area contributed by atoms with Crippen LogP contribution >= 0.6 is 0 Å². The van der Waals surface area contributed by atoms with E-state index in [9.17, 15) is 0 Å². The van der Waals surface area contributed by atoms with Crippen molar-refractivity contribution in [2.24, 2.45) is 0 Å². The molecule has 0 fully saturated rings. The van der Waals surface area contributed by atoms with Gasteiger partial charge in [0.25, 0.3) is 0 Å². The highest BCUT2D eigenvalue weighted by Gasteiger charge is 2.12. The van der Waals surface area contributed by atoms with Gasteiger partial charge in [-0.3, -0.25) is 0 Å². The van der Waals surface area contributed by atoms with E-state index < -0.39 is 0 Å². The maximum absolute atomic E-state index is 2.30. The molecule has 0 amide bonds. The largest absolute Gasteiger partial charge is 0.0581 e. The van der Waals surface area contributed by atoms with Gasteiger partial charge >= 0.3 is 0 Å². The minimum atomic E-state index is 1.34. The van der Waals surface area contributed by atoms with Crippen molar-refractivity contribution in [3.05, 3.63) is 47.5 Å². The standard InChI is InChI=1S/C14H12/c1-9-3-4-12-8-14(9)13-6-5-11(12)7-10(13)2/h3-8H,1-2H3. The lowest BCUT2D eigenvalue weighted by atomic mass is 9.99. The first-order valence-electron chi connectivity index (χ1n) is 4.98. The summed E-state index contributed by atoms with van der Waals surface area (Å²) in [7, 11) is 0. The molecule has 0 atom stereocenters. The molecule has 2 aliphatic rings. The van der Waals surface area contributed by atoms with Crippen molar-refractivity contribution in [1.29, 1.82) is 0 Å². The lowest BCUT2D eigenvalue weighted by Crippen LogP contribution is -1.82. The van der Waals surface area contributed by atoms with Gasteiger partial charge in [-0.25, -0.2) is 0 Å². The first-order valence-corrected chi connectivity index (χ1v) is 4.98. The topological polar surface area (TPSA) is 0 Å². The van der Waals surface area contributed by atoms with E-state index in [1.807, 2.05) is 0 Å². The molecule has 2 aliphatic carbocycles. The van der Waals surface area contributed by atoms with Crippen molar-refractivity contribution in [3.63, 3.8) is 0 Å². The van der Waals surface area contributed by atoms with E-state index in [0.717, 1.165) is 0 Å². The molecular weight excluding hydrogens is 168 g/mol. The molecule has 2 aromatic carbocycles. The quantitative estimate of drug-likeness (QED) is 0.491. The van der Waals surface area contributed by atoms with Crippen molar-refractivity contribution >= 4 is 0 Å². The molecule has 0 heteroatoms. The van der Waals surface area contributed by atoms with Crippen molar-refractivity contribution in [1.82, 2.24) is 0 Å². The van der Waals surface area contributed by atoms with Gasteiger partial charge in [0.1, 0.15) is 0 Å². The molecule has 0 saturated heterocycles. The second-order valence-corrected chi connectivity index (χ2v) is 4.06. The van der Waals surface area contributed by atoms with Gasteiger partial charge in [-0.1, -0.05) is 30.3 Å². The highest BCUT2D eigenvalue weighted by atomic mass is 14.2. The Kier molecular flexibility index (Phi) is 1.38. The lowest BCUT2D eigenvalue weighted by Gasteiger charge is -2.05. The molecule has 68 valence electrons. The van der Waals surface area contributed by atoms with Gasteiger partial charge in [0.15, 0.2) is 0 Å². The third-order valence-electron chi connectivity index (χ3n) is 3.09. The average Bonchev–Trinajstić information content (AvgIpc) is 2.38. The van der Waals surface area contributed by atoms with Crippen molar-refractivity contribution in [3.8, 4) is 22.3 Å². The van der Waals surface area contributed by atoms with Crippen LogP contribution in [0.3, 0.4) is 0 Å². The molecule has 0 N–H and O–H groups in total. The van der Waals surface area contributed by atoms with Crippen molar-refractivity contribution < 1.29 is 0 Å². The van der Waals surface area contributed by atoms with Gasteiger partial charge < -0.3 is 0 Å². The van der Waals surface area contributed by atoms with E-state index in [4.69, 9.17) is 0 Å². The number of rotatable bonds is 0. The van der Waals surface area contributed by atoms with Crippen molar-refractivity contribution in [2.75, 3.05) is 0 Å². The van der Waals surface area contributed by atoms with E-state index >= 15 is 0 Å². The fraction of sp³-hybridized carbons (Fsp3) is 0.143.